The van der Waals surface area contributed by atoms with Gasteiger partial charge in [0.05, 0.1) is 28.6 Å². The predicted octanol–water partition coefficient (Wildman–Crippen LogP) is 5.83. The smallest absolute Gasteiger partial charge is 0.337 e. The number of carboxylic acids is 1. The second-order valence-corrected chi connectivity index (χ2v) is 13.2. The van der Waals surface area contributed by atoms with Gasteiger partial charge in [-0.05, 0) is 82.3 Å². The maximum atomic E-state index is 13.4. The zero-order valence-electron chi connectivity index (χ0n) is 21.1. The quantitative estimate of drug-likeness (QED) is 0.458. The maximum absolute atomic E-state index is 13.4. The first-order chi connectivity index (χ1) is 16.8. The van der Waals surface area contributed by atoms with Crippen molar-refractivity contribution >= 4 is 44.2 Å². The van der Waals surface area contributed by atoms with Crippen molar-refractivity contribution in [3.63, 3.8) is 0 Å². The Hall–Kier alpha value is -2.55. The molecule has 1 aromatic heterocycles. The Labute approximate surface area is 216 Å². The molecular weight excluding hydrogens is 500 g/mol. The molecule has 2 aliphatic rings. The van der Waals surface area contributed by atoms with Crippen molar-refractivity contribution in [3.8, 4) is 11.1 Å². The summed E-state index contributed by atoms with van der Waals surface area (Å²) >= 11 is 6.19. The molecule has 1 saturated heterocycles. The normalized spacial score (nSPS) is 19.8. The monoisotopic (exact) mass is 530 g/mol. The van der Waals surface area contributed by atoms with Gasteiger partial charge >= 0.3 is 5.97 Å². The van der Waals surface area contributed by atoms with E-state index in [-0.39, 0.29) is 11.8 Å². The molecule has 192 valence electrons. The Balaban J connectivity index is 1.95. The fraction of sp³-hybridized carbons (Fsp3) is 0.444. The van der Waals surface area contributed by atoms with Gasteiger partial charge in [-0.15, -0.1) is 0 Å². The summed E-state index contributed by atoms with van der Waals surface area (Å²) in [5.74, 6) is -1.04. The highest BCUT2D eigenvalue weighted by Gasteiger charge is 2.43. The fourth-order valence-corrected chi connectivity index (χ4v) is 7.73. The highest BCUT2D eigenvalue weighted by molar-refractivity contribution is 7.92. The number of hydrogen-bond acceptors (Lipinski definition) is 4. The van der Waals surface area contributed by atoms with E-state index in [1.165, 1.54) is 0 Å². The van der Waals surface area contributed by atoms with Crippen LogP contribution in [-0.4, -0.2) is 41.5 Å². The van der Waals surface area contributed by atoms with Gasteiger partial charge < -0.3 is 14.4 Å². The third-order valence-electron chi connectivity index (χ3n) is 7.10. The molecule has 7 nitrogen and oxygen atoms in total. The van der Waals surface area contributed by atoms with E-state index in [0.717, 1.165) is 34.1 Å². The number of nitrogens with zero attached hydrogens (tertiary/aromatic N) is 2. The van der Waals surface area contributed by atoms with Crippen LogP contribution in [0.3, 0.4) is 0 Å². The summed E-state index contributed by atoms with van der Waals surface area (Å²) in [7, 11) is -3.55. The lowest BCUT2D eigenvalue weighted by Gasteiger charge is -2.42. The third-order valence-corrected chi connectivity index (χ3v) is 9.24. The van der Waals surface area contributed by atoms with Gasteiger partial charge in [0.15, 0.2) is 6.10 Å². The summed E-state index contributed by atoms with van der Waals surface area (Å²) in [6.45, 7) is 9.85. The van der Waals surface area contributed by atoms with E-state index in [9.17, 15) is 18.3 Å². The number of hydrogen-bond donors (Lipinski definition) is 1. The van der Waals surface area contributed by atoms with Gasteiger partial charge in [0.1, 0.15) is 0 Å². The number of sulfonamides is 1. The van der Waals surface area contributed by atoms with Gasteiger partial charge in [0, 0.05) is 28.2 Å². The van der Waals surface area contributed by atoms with Gasteiger partial charge in [-0.1, -0.05) is 23.7 Å². The standard InChI is InChI=1S/C27H31ClN2O5S/c1-15-13-20-22(17-8-10-18(28)11-9-17)21(25(26(31)32)35-27(3,4)5)16(2)23-24(20)29(15)14-19-7-6-12-36(33,34)30(19)23/h8-11,13,19,25H,6-7,12,14H2,1-5H3,(H,31,32)/t19-,25-/m0/s1. The Bertz CT molecular complexity index is 1490. The number of aryl methyl sites for hydroxylation is 1. The first kappa shape index (κ1) is 25.1. The molecule has 0 aliphatic carbocycles. The number of aliphatic carboxylic acids is 1. The Kier molecular flexibility index (Phi) is 5.93. The molecule has 9 heteroatoms. The number of anilines is 1. The molecule has 36 heavy (non-hydrogen) atoms. The van der Waals surface area contributed by atoms with Crippen LogP contribution < -0.4 is 4.31 Å². The molecule has 5 rings (SSSR count). The summed E-state index contributed by atoms with van der Waals surface area (Å²) in [5, 5.41) is 11.8. The highest BCUT2D eigenvalue weighted by atomic mass is 35.5. The second-order valence-electron chi connectivity index (χ2n) is 10.8. The van der Waals surface area contributed by atoms with E-state index in [1.54, 1.807) is 16.4 Å². The van der Waals surface area contributed by atoms with E-state index < -0.39 is 27.7 Å². The van der Waals surface area contributed by atoms with Gasteiger partial charge in [0.25, 0.3) is 0 Å². The topological polar surface area (TPSA) is 88.8 Å². The van der Waals surface area contributed by atoms with Gasteiger partial charge in [-0.25, -0.2) is 13.2 Å². The molecule has 1 N–H and O–H groups in total. The van der Waals surface area contributed by atoms with Crippen LogP contribution in [0.1, 0.15) is 56.5 Å². The van der Waals surface area contributed by atoms with Crippen molar-refractivity contribution in [2.24, 2.45) is 0 Å². The second kappa shape index (κ2) is 8.50. The Morgan fingerprint density at radius 1 is 1.19 bits per heavy atom. The van der Waals surface area contributed by atoms with Crippen LogP contribution in [0, 0.1) is 13.8 Å². The van der Waals surface area contributed by atoms with Gasteiger partial charge in [-0.3, -0.25) is 4.31 Å². The minimum Gasteiger partial charge on any atom is -0.479 e. The predicted molar refractivity (Wildman–Crippen MR) is 142 cm³/mol. The molecule has 2 aliphatic heterocycles. The summed E-state index contributed by atoms with van der Waals surface area (Å²) in [5.41, 5.74) is 4.26. The lowest BCUT2D eigenvalue weighted by molar-refractivity contribution is -0.160. The summed E-state index contributed by atoms with van der Waals surface area (Å²) in [6, 6.07) is 9.12. The van der Waals surface area contributed by atoms with Crippen molar-refractivity contribution in [2.75, 3.05) is 10.1 Å². The Morgan fingerprint density at radius 2 is 1.86 bits per heavy atom. The van der Waals surface area contributed by atoms with Crippen LogP contribution in [0.2, 0.25) is 5.02 Å². The fourth-order valence-electron chi connectivity index (χ4n) is 5.75. The Morgan fingerprint density at radius 3 is 2.47 bits per heavy atom. The molecule has 2 aromatic carbocycles. The van der Waals surface area contributed by atoms with Crippen molar-refractivity contribution < 1.29 is 23.1 Å². The molecule has 3 aromatic rings. The van der Waals surface area contributed by atoms with Gasteiger partial charge in [0.2, 0.25) is 10.0 Å². The summed E-state index contributed by atoms with van der Waals surface area (Å²) in [4.78, 5) is 12.7. The minimum absolute atomic E-state index is 0.0826. The summed E-state index contributed by atoms with van der Waals surface area (Å²) < 4.78 is 36.7. The number of halogens is 1. The van der Waals surface area contributed by atoms with E-state index in [0.29, 0.717) is 34.8 Å². The van der Waals surface area contributed by atoms with Crippen LogP contribution >= 0.6 is 11.6 Å². The van der Waals surface area contributed by atoms with E-state index in [2.05, 4.69) is 4.57 Å². The number of rotatable bonds is 4. The first-order valence-electron chi connectivity index (χ1n) is 12.1. The minimum atomic E-state index is -3.55. The largest absolute Gasteiger partial charge is 0.479 e. The third kappa shape index (κ3) is 3.99. The van der Waals surface area contributed by atoms with Crippen LogP contribution in [-0.2, 0) is 26.1 Å². The molecule has 0 amide bonds. The van der Waals surface area contributed by atoms with Crippen molar-refractivity contribution in [2.45, 2.75) is 71.8 Å². The van der Waals surface area contributed by atoms with Crippen molar-refractivity contribution in [1.29, 1.82) is 0 Å². The number of fused-ring (bicyclic) bond motifs is 2. The van der Waals surface area contributed by atoms with Crippen LogP contribution in [0.4, 0.5) is 5.69 Å². The molecule has 2 atom stereocenters. The highest BCUT2D eigenvalue weighted by Crippen LogP contribution is 2.50. The van der Waals surface area contributed by atoms with Gasteiger partial charge in [-0.2, -0.15) is 0 Å². The molecule has 0 saturated carbocycles. The molecule has 0 radical (unpaired) electrons. The molecule has 0 bridgehead atoms. The summed E-state index contributed by atoms with van der Waals surface area (Å²) in [6.07, 6.45) is 0.0710. The van der Waals surface area contributed by atoms with Crippen LogP contribution in [0.15, 0.2) is 30.3 Å². The van der Waals surface area contributed by atoms with E-state index >= 15 is 0 Å². The molecule has 0 unspecified atom stereocenters. The lowest BCUT2D eigenvalue weighted by Crippen LogP contribution is -2.50. The molecule has 1 fully saturated rings. The van der Waals surface area contributed by atoms with Crippen LogP contribution in [0.5, 0.6) is 0 Å². The van der Waals surface area contributed by atoms with Crippen LogP contribution in [0.25, 0.3) is 22.0 Å². The number of carboxylic acid groups (broad SMARTS) is 1. The number of aromatic nitrogens is 1. The molecule has 0 spiro atoms. The SMILES string of the molecule is Cc1c([C@H](OC(C)(C)C)C(=O)O)c(-c2ccc(Cl)cc2)c2cc(C)n3c2c1N1[C@@H](CCCS1(=O)=O)C3. The maximum Gasteiger partial charge on any atom is 0.337 e. The zero-order chi connectivity index (χ0) is 26.2. The average Bonchev–Trinajstić information content (AvgIpc) is 3.10. The van der Waals surface area contributed by atoms with Crippen molar-refractivity contribution in [3.05, 3.63) is 52.2 Å². The number of benzene rings is 2. The number of carbonyl (C=O) groups is 1. The zero-order valence-corrected chi connectivity index (χ0v) is 22.7. The van der Waals surface area contributed by atoms with E-state index in [1.807, 2.05) is 52.8 Å². The molecular formula is C27H31ClN2O5S. The molecule has 3 heterocycles. The van der Waals surface area contributed by atoms with E-state index in [4.69, 9.17) is 16.3 Å². The first-order valence-corrected chi connectivity index (χ1v) is 14.1. The lowest BCUT2D eigenvalue weighted by atomic mass is 9.87. The number of ether oxygens (including phenoxy) is 1. The average molecular weight is 531 g/mol. The van der Waals surface area contributed by atoms with Crippen molar-refractivity contribution in [1.82, 2.24) is 4.57 Å².